The number of rotatable bonds is 5. The van der Waals surface area contributed by atoms with Crippen LogP contribution in [0, 0.1) is 0 Å². The summed E-state index contributed by atoms with van der Waals surface area (Å²) in [5.41, 5.74) is 0. The lowest BCUT2D eigenvalue weighted by Crippen LogP contribution is -2.38. The number of hydrogen-bond donors (Lipinski definition) is 1. The van der Waals surface area contributed by atoms with E-state index in [1.165, 1.54) is 0 Å². The highest BCUT2D eigenvalue weighted by atomic mass is 16.5. The highest BCUT2D eigenvalue weighted by Crippen LogP contribution is 2.21. The number of hydrogen-bond acceptors (Lipinski definition) is 6. The zero-order valence-electron chi connectivity index (χ0n) is 11.8. The van der Waals surface area contributed by atoms with Gasteiger partial charge in [-0.15, -0.1) is 5.10 Å². The van der Waals surface area contributed by atoms with Crippen molar-refractivity contribution in [1.82, 2.24) is 24.8 Å². The molecule has 0 bridgehead atoms. The van der Waals surface area contributed by atoms with Crippen LogP contribution in [0.5, 0.6) is 0 Å². The van der Waals surface area contributed by atoms with Gasteiger partial charge >= 0.3 is 0 Å². The number of morpholine rings is 1. The van der Waals surface area contributed by atoms with E-state index in [9.17, 15) is 5.11 Å². The van der Waals surface area contributed by atoms with Gasteiger partial charge in [-0.3, -0.25) is 9.80 Å². The van der Waals surface area contributed by atoms with E-state index in [2.05, 4.69) is 20.1 Å². The van der Waals surface area contributed by atoms with Gasteiger partial charge in [-0.25, -0.2) is 4.68 Å². The van der Waals surface area contributed by atoms with Crippen LogP contribution in [0.2, 0.25) is 0 Å². The summed E-state index contributed by atoms with van der Waals surface area (Å²) in [6.45, 7) is 7.53. The van der Waals surface area contributed by atoms with Crippen molar-refractivity contribution >= 4 is 0 Å². The van der Waals surface area contributed by atoms with Crippen molar-refractivity contribution in [2.75, 3.05) is 52.5 Å². The Kier molecular flexibility index (Phi) is 4.62. The first-order valence-corrected chi connectivity index (χ1v) is 7.39. The van der Waals surface area contributed by atoms with Crippen LogP contribution < -0.4 is 0 Å². The minimum atomic E-state index is -0.347. The molecule has 0 aromatic carbocycles. The van der Waals surface area contributed by atoms with Gasteiger partial charge in [0.2, 0.25) is 0 Å². The maximum Gasteiger partial charge on any atom is 0.0934 e. The molecule has 112 valence electrons. The molecule has 2 atom stereocenters. The van der Waals surface area contributed by atoms with Crippen molar-refractivity contribution in [3.05, 3.63) is 12.4 Å². The molecule has 2 aliphatic heterocycles. The number of aliphatic hydroxyl groups excluding tert-OH is 1. The van der Waals surface area contributed by atoms with E-state index < -0.39 is 0 Å². The number of ether oxygens (including phenoxy) is 1. The molecule has 3 rings (SSSR count). The molecule has 3 heterocycles. The second kappa shape index (κ2) is 6.62. The molecule has 2 fully saturated rings. The topological polar surface area (TPSA) is 66.7 Å². The Morgan fingerprint density at radius 2 is 1.95 bits per heavy atom. The van der Waals surface area contributed by atoms with Crippen LogP contribution in [0.3, 0.4) is 0 Å². The van der Waals surface area contributed by atoms with E-state index in [0.29, 0.717) is 0 Å². The van der Waals surface area contributed by atoms with Gasteiger partial charge in [-0.2, -0.15) is 0 Å². The van der Waals surface area contributed by atoms with Crippen molar-refractivity contribution in [3.63, 3.8) is 0 Å². The minimum absolute atomic E-state index is 0.0425. The highest BCUT2D eigenvalue weighted by Gasteiger charge is 2.32. The van der Waals surface area contributed by atoms with Crippen molar-refractivity contribution in [2.24, 2.45) is 0 Å². The third-order valence-corrected chi connectivity index (χ3v) is 4.17. The quantitative estimate of drug-likeness (QED) is 0.763. The molecule has 0 radical (unpaired) electrons. The molecule has 0 saturated carbocycles. The summed E-state index contributed by atoms with van der Waals surface area (Å²) >= 11 is 0. The monoisotopic (exact) mass is 281 g/mol. The molecule has 0 unspecified atom stereocenters. The fourth-order valence-corrected chi connectivity index (χ4v) is 3.03. The smallest absolute Gasteiger partial charge is 0.0934 e. The van der Waals surface area contributed by atoms with Crippen LogP contribution in [-0.2, 0) is 4.74 Å². The molecule has 0 spiro atoms. The Balaban J connectivity index is 1.41. The standard InChI is InChI=1S/C13H23N5O2/c19-13-11-17(10-12(13)18-5-2-14-15-18)4-1-3-16-6-8-20-9-7-16/h2,5,12-13,19H,1,3-4,6-11H2/t12-,13-/m1/s1. The first-order valence-electron chi connectivity index (χ1n) is 7.39. The zero-order valence-corrected chi connectivity index (χ0v) is 11.8. The second-order valence-corrected chi connectivity index (χ2v) is 5.58. The third kappa shape index (κ3) is 3.35. The summed E-state index contributed by atoms with van der Waals surface area (Å²) in [5.74, 6) is 0. The molecule has 7 nitrogen and oxygen atoms in total. The molecule has 0 aliphatic carbocycles. The predicted molar refractivity (Wildman–Crippen MR) is 73.4 cm³/mol. The summed E-state index contributed by atoms with van der Waals surface area (Å²) in [6.07, 6.45) is 4.27. The van der Waals surface area contributed by atoms with E-state index in [4.69, 9.17) is 4.74 Å². The lowest BCUT2D eigenvalue weighted by molar-refractivity contribution is 0.0362. The predicted octanol–water partition coefficient (Wildman–Crippen LogP) is -0.782. The fraction of sp³-hybridized carbons (Fsp3) is 0.846. The SMILES string of the molecule is O[C@@H]1CN(CCCN2CCOCC2)C[C@H]1n1ccnn1. The van der Waals surface area contributed by atoms with Gasteiger partial charge in [-0.1, -0.05) is 5.21 Å². The number of nitrogens with zero attached hydrogens (tertiary/aromatic N) is 5. The van der Waals surface area contributed by atoms with Gasteiger partial charge in [0.15, 0.2) is 0 Å². The Morgan fingerprint density at radius 3 is 2.70 bits per heavy atom. The molecule has 0 amide bonds. The first-order chi connectivity index (χ1) is 9.83. The maximum absolute atomic E-state index is 10.1. The molecule has 1 N–H and O–H groups in total. The van der Waals surface area contributed by atoms with E-state index >= 15 is 0 Å². The first kappa shape index (κ1) is 13.9. The van der Waals surface area contributed by atoms with Crippen molar-refractivity contribution < 1.29 is 9.84 Å². The Labute approximate surface area is 119 Å². The van der Waals surface area contributed by atoms with Gasteiger partial charge < -0.3 is 9.84 Å². The summed E-state index contributed by atoms with van der Waals surface area (Å²) in [4.78, 5) is 4.77. The van der Waals surface area contributed by atoms with E-state index in [0.717, 1.165) is 58.9 Å². The highest BCUT2D eigenvalue weighted by molar-refractivity contribution is 4.88. The molecule has 1 aromatic rings. The lowest BCUT2D eigenvalue weighted by atomic mass is 10.2. The zero-order chi connectivity index (χ0) is 13.8. The lowest BCUT2D eigenvalue weighted by Gasteiger charge is -2.27. The van der Waals surface area contributed by atoms with Crippen molar-refractivity contribution in [2.45, 2.75) is 18.6 Å². The van der Waals surface area contributed by atoms with Gasteiger partial charge in [0.05, 0.1) is 31.6 Å². The summed E-state index contributed by atoms with van der Waals surface area (Å²) < 4.78 is 7.12. The average molecular weight is 281 g/mol. The van der Waals surface area contributed by atoms with Gasteiger partial charge in [0, 0.05) is 32.4 Å². The summed E-state index contributed by atoms with van der Waals surface area (Å²) in [5, 5.41) is 17.9. The normalized spacial score (nSPS) is 29.1. The Hall–Kier alpha value is -1.02. The van der Waals surface area contributed by atoms with Crippen molar-refractivity contribution in [1.29, 1.82) is 0 Å². The van der Waals surface area contributed by atoms with Crippen molar-refractivity contribution in [3.8, 4) is 0 Å². The summed E-state index contributed by atoms with van der Waals surface area (Å²) in [7, 11) is 0. The average Bonchev–Trinajstić information content (AvgIpc) is 3.09. The van der Waals surface area contributed by atoms with Crippen LogP contribution in [0.15, 0.2) is 12.4 Å². The number of aliphatic hydroxyl groups is 1. The van der Waals surface area contributed by atoms with Crippen LogP contribution in [-0.4, -0.2) is 88.5 Å². The molecular weight excluding hydrogens is 258 g/mol. The molecule has 2 saturated heterocycles. The number of aromatic nitrogens is 3. The van der Waals surface area contributed by atoms with Crippen LogP contribution in [0.25, 0.3) is 0 Å². The largest absolute Gasteiger partial charge is 0.390 e. The minimum Gasteiger partial charge on any atom is -0.390 e. The second-order valence-electron chi connectivity index (χ2n) is 5.58. The molecule has 7 heteroatoms. The third-order valence-electron chi connectivity index (χ3n) is 4.17. The van der Waals surface area contributed by atoms with Gasteiger partial charge in [0.1, 0.15) is 0 Å². The van der Waals surface area contributed by atoms with Gasteiger partial charge in [0.25, 0.3) is 0 Å². The number of likely N-dealkylation sites (tertiary alicyclic amines) is 1. The molecule has 20 heavy (non-hydrogen) atoms. The van der Waals surface area contributed by atoms with Crippen LogP contribution >= 0.6 is 0 Å². The molecule has 1 aromatic heterocycles. The van der Waals surface area contributed by atoms with E-state index in [1.807, 2.05) is 6.20 Å². The van der Waals surface area contributed by atoms with Gasteiger partial charge in [-0.05, 0) is 19.5 Å². The van der Waals surface area contributed by atoms with E-state index in [1.54, 1.807) is 10.9 Å². The molecular formula is C13H23N5O2. The Bertz CT molecular complexity index is 393. The fourth-order valence-electron chi connectivity index (χ4n) is 3.03. The van der Waals surface area contributed by atoms with Crippen LogP contribution in [0.4, 0.5) is 0 Å². The Morgan fingerprint density at radius 1 is 1.15 bits per heavy atom. The molecule has 2 aliphatic rings. The summed E-state index contributed by atoms with van der Waals surface area (Å²) in [6, 6.07) is 0.0425. The number of β-amino-alcohol motifs (C(OH)–C–C–N with tert-alkyl or cyclic N) is 1. The van der Waals surface area contributed by atoms with E-state index in [-0.39, 0.29) is 12.1 Å². The van der Waals surface area contributed by atoms with Crippen LogP contribution in [0.1, 0.15) is 12.5 Å². The maximum atomic E-state index is 10.1.